The molecule has 0 aromatic carbocycles. The van der Waals surface area contributed by atoms with Gasteiger partial charge in [0.25, 0.3) is 0 Å². The molecular weight excluding hydrogens is 330 g/mol. The van der Waals surface area contributed by atoms with E-state index >= 15 is 0 Å². The summed E-state index contributed by atoms with van der Waals surface area (Å²) in [5, 5.41) is 5.00. The molecule has 100 valence electrons. The Kier molecular flexibility index (Phi) is 4.20. The molecule has 0 bridgehead atoms. The molecule has 0 N–H and O–H groups in total. The van der Waals surface area contributed by atoms with Gasteiger partial charge in [0.15, 0.2) is 9.76 Å². The summed E-state index contributed by atoms with van der Waals surface area (Å²) in [5.41, 5.74) is 1.43. The fourth-order valence-corrected chi connectivity index (χ4v) is 2.26. The third kappa shape index (κ3) is 2.95. The topological polar surface area (TPSA) is 63.9 Å². The van der Waals surface area contributed by atoms with E-state index in [1.807, 2.05) is 6.26 Å². The van der Waals surface area contributed by atoms with E-state index in [0.717, 1.165) is 5.69 Å². The molecule has 6 nitrogen and oxygen atoms in total. The molecule has 2 heterocycles. The van der Waals surface area contributed by atoms with Crippen molar-refractivity contribution in [2.45, 2.75) is 12.1 Å². The molecule has 8 heteroatoms. The highest BCUT2D eigenvalue weighted by molar-refractivity contribution is 9.10. The van der Waals surface area contributed by atoms with E-state index in [9.17, 15) is 4.79 Å². The SMILES string of the molecule is CSc1ncc(-n2cc(N(C)C(C)=O)c(Br)n2)cn1. The van der Waals surface area contributed by atoms with Gasteiger partial charge in [0.05, 0.1) is 24.3 Å². The predicted octanol–water partition coefficient (Wildman–Crippen LogP) is 2.13. The molecule has 0 aliphatic heterocycles. The molecule has 0 aliphatic carbocycles. The second-order valence-electron chi connectivity index (χ2n) is 3.76. The van der Waals surface area contributed by atoms with E-state index < -0.39 is 0 Å². The van der Waals surface area contributed by atoms with E-state index in [1.165, 1.54) is 23.6 Å². The van der Waals surface area contributed by atoms with Gasteiger partial charge in [-0.1, -0.05) is 11.8 Å². The Balaban J connectivity index is 2.35. The highest BCUT2D eigenvalue weighted by atomic mass is 79.9. The lowest BCUT2D eigenvalue weighted by molar-refractivity contribution is -0.116. The van der Waals surface area contributed by atoms with E-state index in [-0.39, 0.29) is 5.91 Å². The smallest absolute Gasteiger partial charge is 0.223 e. The maximum Gasteiger partial charge on any atom is 0.223 e. The second kappa shape index (κ2) is 5.70. The highest BCUT2D eigenvalue weighted by Gasteiger charge is 2.14. The molecule has 19 heavy (non-hydrogen) atoms. The number of anilines is 1. The number of aromatic nitrogens is 4. The number of amides is 1. The fourth-order valence-electron chi connectivity index (χ4n) is 1.40. The Morgan fingerprint density at radius 2 is 2.05 bits per heavy atom. The first-order chi connectivity index (χ1) is 9.02. The second-order valence-corrected chi connectivity index (χ2v) is 5.28. The quantitative estimate of drug-likeness (QED) is 0.632. The van der Waals surface area contributed by atoms with Gasteiger partial charge in [-0.3, -0.25) is 4.79 Å². The summed E-state index contributed by atoms with van der Waals surface area (Å²) in [6.07, 6.45) is 7.05. The van der Waals surface area contributed by atoms with Gasteiger partial charge in [0.2, 0.25) is 5.91 Å². The third-order valence-corrected chi connectivity index (χ3v) is 3.69. The molecule has 2 aromatic heterocycles. The van der Waals surface area contributed by atoms with Crippen LogP contribution in [0.15, 0.2) is 28.4 Å². The van der Waals surface area contributed by atoms with E-state index in [1.54, 1.807) is 30.3 Å². The number of thioether (sulfide) groups is 1. The summed E-state index contributed by atoms with van der Waals surface area (Å²) in [6, 6.07) is 0. The van der Waals surface area contributed by atoms with Crippen molar-refractivity contribution in [3.63, 3.8) is 0 Å². The van der Waals surface area contributed by atoms with Gasteiger partial charge in [-0.25, -0.2) is 14.6 Å². The lowest BCUT2D eigenvalue weighted by atomic mass is 10.4. The maximum absolute atomic E-state index is 11.4. The molecule has 0 fully saturated rings. The molecule has 1 amide bonds. The van der Waals surface area contributed by atoms with Gasteiger partial charge in [-0.15, -0.1) is 0 Å². The number of carbonyl (C=O) groups excluding carboxylic acids is 1. The average molecular weight is 342 g/mol. The van der Waals surface area contributed by atoms with E-state index in [2.05, 4.69) is 31.0 Å². The molecule has 2 rings (SSSR count). The van der Waals surface area contributed by atoms with Gasteiger partial charge < -0.3 is 4.90 Å². The summed E-state index contributed by atoms with van der Waals surface area (Å²) < 4.78 is 2.22. The van der Waals surface area contributed by atoms with Gasteiger partial charge >= 0.3 is 0 Å². The Morgan fingerprint density at radius 3 is 2.58 bits per heavy atom. The molecule has 0 saturated heterocycles. The van der Waals surface area contributed by atoms with Crippen molar-refractivity contribution in [2.24, 2.45) is 0 Å². The van der Waals surface area contributed by atoms with Crippen molar-refractivity contribution in [2.75, 3.05) is 18.2 Å². The fraction of sp³-hybridized carbons (Fsp3) is 0.273. The zero-order valence-corrected chi connectivity index (χ0v) is 13.1. The van der Waals surface area contributed by atoms with Crippen molar-refractivity contribution < 1.29 is 4.79 Å². The van der Waals surface area contributed by atoms with Crippen molar-refractivity contribution >= 4 is 39.3 Å². The van der Waals surface area contributed by atoms with Crippen molar-refractivity contribution in [1.82, 2.24) is 19.7 Å². The van der Waals surface area contributed by atoms with Crippen LogP contribution in [0.1, 0.15) is 6.92 Å². The van der Waals surface area contributed by atoms with Crippen LogP contribution in [0.25, 0.3) is 5.69 Å². The predicted molar refractivity (Wildman–Crippen MR) is 77.7 cm³/mol. The molecule has 0 atom stereocenters. The molecular formula is C11H12BrN5OS. The summed E-state index contributed by atoms with van der Waals surface area (Å²) >= 11 is 4.82. The van der Waals surface area contributed by atoms with Gasteiger partial charge in [-0.05, 0) is 22.2 Å². The molecule has 0 unspecified atom stereocenters. The lowest BCUT2D eigenvalue weighted by Gasteiger charge is -2.11. The van der Waals surface area contributed by atoms with Crippen LogP contribution in [-0.4, -0.2) is 39.0 Å². The van der Waals surface area contributed by atoms with Gasteiger partial charge in [-0.2, -0.15) is 5.10 Å². The summed E-state index contributed by atoms with van der Waals surface area (Å²) in [6.45, 7) is 1.50. The van der Waals surface area contributed by atoms with E-state index in [4.69, 9.17) is 0 Å². The normalized spacial score (nSPS) is 10.5. The Hall–Kier alpha value is -1.41. The molecule has 0 radical (unpaired) electrons. The zero-order chi connectivity index (χ0) is 14.0. The van der Waals surface area contributed by atoms with Crippen LogP contribution in [0.2, 0.25) is 0 Å². The van der Waals surface area contributed by atoms with Crippen LogP contribution in [0.5, 0.6) is 0 Å². The van der Waals surface area contributed by atoms with Gasteiger partial charge in [0, 0.05) is 14.0 Å². The Morgan fingerprint density at radius 1 is 1.42 bits per heavy atom. The number of hydrogen-bond acceptors (Lipinski definition) is 5. The standard InChI is InChI=1S/C11H12BrN5OS/c1-7(18)16(2)9-6-17(15-10(9)12)8-4-13-11(19-3)14-5-8/h4-6H,1-3H3. The van der Waals surface area contributed by atoms with Crippen LogP contribution >= 0.6 is 27.7 Å². The van der Waals surface area contributed by atoms with Gasteiger partial charge in [0.1, 0.15) is 5.69 Å². The minimum Gasteiger partial charge on any atom is -0.312 e. The lowest BCUT2D eigenvalue weighted by Crippen LogP contribution is -2.22. The summed E-state index contributed by atoms with van der Waals surface area (Å²) in [4.78, 5) is 21.3. The molecule has 0 aliphatic rings. The summed E-state index contributed by atoms with van der Waals surface area (Å²) in [5.74, 6) is -0.0609. The number of rotatable bonds is 3. The summed E-state index contributed by atoms with van der Waals surface area (Å²) in [7, 11) is 1.70. The molecule has 0 spiro atoms. The average Bonchev–Trinajstić information content (AvgIpc) is 2.80. The van der Waals surface area contributed by atoms with Crippen molar-refractivity contribution in [3.8, 4) is 5.69 Å². The first kappa shape index (κ1) is 14.0. The number of hydrogen-bond donors (Lipinski definition) is 0. The molecule has 0 saturated carbocycles. The highest BCUT2D eigenvalue weighted by Crippen LogP contribution is 2.25. The van der Waals surface area contributed by atoms with Crippen LogP contribution in [-0.2, 0) is 4.79 Å². The van der Waals surface area contributed by atoms with Crippen molar-refractivity contribution in [1.29, 1.82) is 0 Å². The molecule has 2 aromatic rings. The van der Waals surface area contributed by atoms with E-state index in [0.29, 0.717) is 15.4 Å². The first-order valence-corrected chi connectivity index (χ1v) is 7.40. The first-order valence-electron chi connectivity index (χ1n) is 5.38. The number of halogens is 1. The van der Waals surface area contributed by atoms with Crippen molar-refractivity contribution in [3.05, 3.63) is 23.2 Å². The largest absolute Gasteiger partial charge is 0.312 e. The zero-order valence-electron chi connectivity index (χ0n) is 10.7. The Bertz CT molecular complexity index is 598. The minimum absolute atomic E-state index is 0.0609. The van der Waals surface area contributed by atoms with Crippen LogP contribution in [0, 0.1) is 0 Å². The third-order valence-electron chi connectivity index (χ3n) is 2.55. The van der Waals surface area contributed by atoms with Crippen LogP contribution in [0.3, 0.4) is 0 Å². The Labute approximate surface area is 123 Å². The number of carbonyl (C=O) groups is 1. The minimum atomic E-state index is -0.0609. The van der Waals surface area contributed by atoms with Crippen LogP contribution < -0.4 is 4.90 Å². The van der Waals surface area contributed by atoms with Crippen LogP contribution in [0.4, 0.5) is 5.69 Å². The number of nitrogens with zero attached hydrogens (tertiary/aromatic N) is 5. The monoisotopic (exact) mass is 341 g/mol. The maximum atomic E-state index is 11.4.